The summed E-state index contributed by atoms with van der Waals surface area (Å²) in [6.45, 7) is 6.70. The van der Waals surface area contributed by atoms with Gasteiger partial charge in [0.15, 0.2) is 11.5 Å². The lowest BCUT2D eigenvalue weighted by atomic mass is 9.98. The Hall–Kier alpha value is -1.83. The number of hydrogen-bond donors (Lipinski definition) is 2. The van der Waals surface area contributed by atoms with Crippen LogP contribution in [-0.2, 0) is 0 Å². The van der Waals surface area contributed by atoms with E-state index in [1.165, 1.54) is 64.2 Å². The van der Waals surface area contributed by atoms with Gasteiger partial charge in [-0.25, -0.2) is 9.28 Å². The molecule has 210 valence electrons. The number of carbonyl (C=O) groups excluding carboxylic acids is 1. The van der Waals surface area contributed by atoms with Crippen LogP contribution in [0.1, 0.15) is 95.6 Å². The van der Waals surface area contributed by atoms with E-state index in [9.17, 15) is 9.90 Å². The number of likely N-dealkylation sites (tertiary alicyclic amines) is 1. The summed E-state index contributed by atoms with van der Waals surface area (Å²) in [4.78, 5) is 15.8. The second-order valence-electron chi connectivity index (χ2n) is 11.4. The summed E-state index contributed by atoms with van der Waals surface area (Å²) < 4.78 is 11.5. The number of nitrogens with zero attached hydrogens (tertiary/aromatic N) is 2. The highest BCUT2D eigenvalue weighted by atomic mass is 16.6. The molecule has 37 heavy (non-hydrogen) atoms. The first-order valence-electron chi connectivity index (χ1n) is 14.9. The quantitative estimate of drug-likeness (QED) is 0.218. The molecule has 2 amide bonds. The average molecular weight is 519 g/mol. The van der Waals surface area contributed by atoms with E-state index in [0.29, 0.717) is 37.8 Å². The predicted molar refractivity (Wildman–Crippen MR) is 149 cm³/mol. The molecule has 2 N–H and O–H groups in total. The summed E-state index contributed by atoms with van der Waals surface area (Å²) in [6, 6.07) is 5.31. The van der Waals surface area contributed by atoms with Gasteiger partial charge in [0.05, 0.1) is 20.6 Å². The van der Waals surface area contributed by atoms with Crippen molar-refractivity contribution in [2.24, 2.45) is 0 Å². The summed E-state index contributed by atoms with van der Waals surface area (Å²) in [7, 11) is 3.85. The zero-order valence-corrected chi connectivity index (χ0v) is 23.7. The van der Waals surface area contributed by atoms with Gasteiger partial charge in [-0.2, -0.15) is 0 Å². The van der Waals surface area contributed by atoms with Crippen LogP contribution in [-0.4, -0.2) is 80.1 Å². The predicted octanol–water partition coefficient (Wildman–Crippen LogP) is 5.66. The molecule has 1 saturated heterocycles. The normalized spacial score (nSPS) is 17.5. The number of carbonyl (C=O) groups is 1. The van der Waals surface area contributed by atoms with Gasteiger partial charge in [-0.3, -0.25) is 4.90 Å². The molecule has 0 aliphatic carbocycles. The van der Waals surface area contributed by atoms with Gasteiger partial charge in [0.25, 0.3) is 0 Å². The highest BCUT2D eigenvalue weighted by molar-refractivity contribution is 5.66. The summed E-state index contributed by atoms with van der Waals surface area (Å²) in [6.07, 6.45) is 14.3. The maximum Gasteiger partial charge on any atom is 0.416 e. The van der Waals surface area contributed by atoms with Crippen LogP contribution in [0.3, 0.4) is 0 Å². The van der Waals surface area contributed by atoms with E-state index in [4.69, 9.17) is 9.47 Å². The lowest BCUT2D eigenvalue weighted by Gasteiger charge is -2.39. The van der Waals surface area contributed by atoms with Crippen molar-refractivity contribution in [3.8, 4) is 11.5 Å². The number of nitrogens with one attached hydrogen (secondary N) is 1. The number of rotatable bonds is 16. The minimum absolute atomic E-state index is 0.0308. The summed E-state index contributed by atoms with van der Waals surface area (Å²) in [5, 5.41) is 14.7. The van der Waals surface area contributed by atoms with Gasteiger partial charge in [0.2, 0.25) is 0 Å². The van der Waals surface area contributed by atoms with Crippen molar-refractivity contribution in [3.05, 3.63) is 23.8 Å². The molecule has 2 atom stereocenters. The Bertz CT molecular complexity index is 810. The fourth-order valence-electron chi connectivity index (χ4n) is 5.51. The summed E-state index contributed by atoms with van der Waals surface area (Å²) in [5.74, 6) is 1.37. The molecule has 0 bridgehead atoms. The fourth-order valence-corrected chi connectivity index (χ4v) is 5.51. The number of amides is 2. The van der Waals surface area contributed by atoms with Gasteiger partial charge in [-0.15, -0.1) is 0 Å². The van der Waals surface area contributed by atoms with Crippen molar-refractivity contribution in [1.82, 2.24) is 10.2 Å². The van der Waals surface area contributed by atoms with Crippen molar-refractivity contribution in [2.45, 2.75) is 96.1 Å². The molecule has 0 unspecified atom stereocenters. The molecule has 0 spiro atoms. The van der Waals surface area contributed by atoms with Crippen LogP contribution in [0, 0.1) is 0 Å². The number of aliphatic hydroxyl groups is 1. The van der Waals surface area contributed by atoms with Crippen molar-refractivity contribution in [2.75, 3.05) is 53.5 Å². The maximum absolute atomic E-state index is 13.4. The van der Waals surface area contributed by atoms with Crippen molar-refractivity contribution in [3.63, 3.8) is 0 Å². The van der Waals surface area contributed by atoms with Crippen LogP contribution in [0.2, 0.25) is 0 Å². The largest absolute Gasteiger partial charge is 0.486 e. The van der Waals surface area contributed by atoms with E-state index in [1.807, 2.05) is 32.3 Å². The van der Waals surface area contributed by atoms with Crippen LogP contribution < -0.4 is 14.8 Å². The molecule has 1 fully saturated rings. The number of hydrogen-bond acceptors (Lipinski definition) is 5. The monoisotopic (exact) mass is 518 g/mol. The van der Waals surface area contributed by atoms with Crippen molar-refractivity contribution in [1.29, 1.82) is 0 Å². The number of ether oxygens (including phenoxy) is 2. The second-order valence-corrected chi connectivity index (χ2v) is 11.4. The van der Waals surface area contributed by atoms with Gasteiger partial charge < -0.3 is 19.9 Å². The van der Waals surface area contributed by atoms with Gasteiger partial charge in [-0.1, -0.05) is 70.8 Å². The zero-order valence-electron chi connectivity index (χ0n) is 23.7. The number of likely N-dealkylation sites (N-methyl/N-ethyl adjacent to an activating group) is 1. The molecule has 0 saturated carbocycles. The molecular weight excluding hydrogens is 466 g/mol. The lowest BCUT2D eigenvalue weighted by Crippen LogP contribution is -2.62. The minimum atomic E-state index is -0.797. The Labute approximate surface area is 225 Å². The van der Waals surface area contributed by atoms with E-state index in [1.54, 1.807) is 0 Å². The fraction of sp³-hybridized carbons (Fsp3) is 0.767. The van der Waals surface area contributed by atoms with E-state index >= 15 is 0 Å². The summed E-state index contributed by atoms with van der Waals surface area (Å²) in [5.41, 5.74) is 0.766. The molecule has 7 heteroatoms. The Morgan fingerprint density at radius 1 is 0.946 bits per heavy atom. The van der Waals surface area contributed by atoms with Crippen LogP contribution in [0.25, 0.3) is 0 Å². The van der Waals surface area contributed by atoms with E-state index in [0.717, 1.165) is 31.5 Å². The van der Waals surface area contributed by atoms with Crippen molar-refractivity contribution >= 4 is 6.03 Å². The number of fused-ring (bicyclic) bond motifs is 1. The molecular formula is C30H52N3O4+. The zero-order chi connectivity index (χ0) is 26.5. The topological polar surface area (TPSA) is 71.0 Å². The van der Waals surface area contributed by atoms with Gasteiger partial charge >= 0.3 is 6.03 Å². The third kappa shape index (κ3) is 9.15. The van der Waals surface area contributed by atoms with Crippen molar-refractivity contribution < 1.29 is 23.9 Å². The number of aliphatic hydroxyl groups excluding tert-OH is 1. The van der Waals surface area contributed by atoms with Gasteiger partial charge in [0, 0.05) is 6.54 Å². The van der Waals surface area contributed by atoms with Gasteiger partial charge in [0.1, 0.15) is 25.4 Å². The lowest BCUT2D eigenvalue weighted by molar-refractivity contribution is -0.841. The first-order valence-corrected chi connectivity index (χ1v) is 14.9. The number of benzene rings is 1. The van der Waals surface area contributed by atoms with Crippen LogP contribution in [0.15, 0.2) is 18.2 Å². The Morgan fingerprint density at radius 3 is 2.19 bits per heavy atom. The Balaban J connectivity index is 1.51. The third-order valence-electron chi connectivity index (χ3n) is 8.08. The molecule has 2 aliphatic rings. The van der Waals surface area contributed by atoms with E-state index < -0.39 is 6.10 Å². The number of quaternary nitrogens is 1. The highest BCUT2D eigenvalue weighted by Gasteiger charge is 2.43. The SMILES string of the molecule is CCCCCCCCCCCCNC(=O)[N+](C)(C)[C@H](CN1CCCC1)[C@H](O)c1ccc2c(c1)OCCO2. The Kier molecular flexibility index (Phi) is 12.5. The molecule has 3 rings (SSSR count). The first-order chi connectivity index (χ1) is 17.9. The van der Waals surface area contributed by atoms with Crippen LogP contribution in [0.4, 0.5) is 4.79 Å². The number of unbranched alkanes of at least 4 members (excludes halogenated alkanes) is 9. The first kappa shape index (κ1) is 29.7. The molecule has 1 aromatic carbocycles. The average Bonchev–Trinajstić information content (AvgIpc) is 3.43. The molecule has 0 aromatic heterocycles. The van der Waals surface area contributed by atoms with Gasteiger partial charge in [-0.05, 0) is 50.0 Å². The molecule has 7 nitrogen and oxygen atoms in total. The molecule has 0 radical (unpaired) electrons. The standard InChI is InChI=1S/C30H51N3O4/c1-4-5-6-7-8-9-10-11-12-13-18-31-30(35)33(2,3)26(24-32-19-14-15-20-32)29(34)25-16-17-27-28(23-25)37-22-21-36-27/h16-17,23,26,29,34H,4-15,18-22,24H2,1-3H3/p+1/t26-,29-/m1/s1. The summed E-state index contributed by atoms with van der Waals surface area (Å²) >= 11 is 0. The smallest absolute Gasteiger partial charge is 0.416 e. The van der Waals surface area contributed by atoms with E-state index in [-0.39, 0.29) is 16.6 Å². The third-order valence-corrected chi connectivity index (χ3v) is 8.08. The molecule has 1 aromatic rings. The minimum Gasteiger partial charge on any atom is -0.486 e. The molecule has 2 aliphatic heterocycles. The second kappa shape index (κ2) is 15.6. The highest BCUT2D eigenvalue weighted by Crippen LogP contribution is 2.35. The number of urea groups is 1. The Morgan fingerprint density at radius 2 is 1.54 bits per heavy atom. The van der Waals surface area contributed by atoms with Crippen LogP contribution in [0.5, 0.6) is 11.5 Å². The van der Waals surface area contributed by atoms with E-state index in [2.05, 4.69) is 17.1 Å². The molecule has 2 heterocycles. The maximum atomic E-state index is 13.4. The van der Waals surface area contributed by atoms with Crippen LogP contribution >= 0.6 is 0 Å².